The summed E-state index contributed by atoms with van der Waals surface area (Å²) in [5.74, 6) is 1.69. The minimum Gasteiger partial charge on any atom is -0.508 e. The molecule has 1 aromatic carbocycles. The number of methoxy groups -OCH3 is 1. The summed E-state index contributed by atoms with van der Waals surface area (Å²) in [5, 5.41) is 16.5. The van der Waals surface area contributed by atoms with Gasteiger partial charge in [-0.3, -0.25) is 9.89 Å². The molecule has 0 saturated carbocycles. The zero-order valence-corrected chi connectivity index (χ0v) is 19.2. The molecule has 0 amide bonds. The molecule has 6 nitrogen and oxygen atoms in total. The molecule has 0 saturated heterocycles. The number of aliphatic imine (C=N–C) groups is 1. The van der Waals surface area contributed by atoms with Gasteiger partial charge in [-0.15, -0.1) is 24.0 Å². The lowest BCUT2D eigenvalue weighted by atomic mass is 10.2. The monoisotopic (exact) mass is 478 g/mol. The van der Waals surface area contributed by atoms with Crippen molar-refractivity contribution in [2.24, 2.45) is 4.99 Å². The predicted octanol–water partition coefficient (Wildman–Crippen LogP) is 3.19. The highest BCUT2D eigenvalue weighted by atomic mass is 127. The van der Waals surface area contributed by atoms with Crippen LogP contribution in [0.1, 0.15) is 39.7 Å². The number of hydrogen-bond acceptors (Lipinski definition) is 4. The lowest BCUT2D eigenvalue weighted by Gasteiger charge is -2.30. The van der Waals surface area contributed by atoms with Crippen molar-refractivity contribution in [3.8, 4) is 11.5 Å². The van der Waals surface area contributed by atoms with Crippen LogP contribution in [0.2, 0.25) is 0 Å². The molecule has 150 valence electrons. The van der Waals surface area contributed by atoms with Crippen LogP contribution >= 0.6 is 24.0 Å². The van der Waals surface area contributed by atoms with Crippen LogP contribution in [0.5, 0.6) is 11.5 Å². The zero-order valence-electron chi connectivity index (χ0n) is 16.9. The molecule has 0 fully saturated rings. The number of guanidine groups is 1. The second-order valence-electron chi connectivity index (χ2n) is 6.63. The van der Waals surface area contributed by atoms with E-state index in [1.165, 1.54) is 0 Å². The number of ether oxygens (including phenoxy) is 1. The molecule has 1 rings (SSSR count). The van der Waals surface area contributed by atoms with Gasteiger partial charge in [0.05, 0.1) is 7.11 Å². The van der Waals surface area contributed by atoms with Gasteiger partial charge in [0.2, 0.25) is 0 Å². The largest absolute Gasteiger partial charge is 0.508 e. The van der Waals surface area contributed by atoms with Crippen LogP contribution in [-0.4, -0.2) is 55.3 Å². The van der Waals surface area contributed by atoms with Crippen molar-refractivity contribution in [3.05, 3.63) is 23.8 Å². The van der Waals surface area contributed by atoms with E-state index in [9.17, 15) is 5.11 Å². The summed E-state index contributed by atoms with van der Waals surface area (Å²) in [6.45, 7) is 11.3. The zero-order chi connectivity index (χ0) is 18.8. The van der Waals surface area contributed by atoms with Crippen molar-refractivity contribution in [1.82, 2.24) is 15.5 Å². The second-order valence-corrected chi connectivity index (χ2v) is 6.63. The maximum atomic E-state index is 9.93. The fourth-order valence-electron chi connectivity index (χ4n) is 2.81. The van der Waals surface area contributed by atoms with E-state index in [4.69, 9.17) is 4.74 Å². The Bertz CT molecular complexity index is 542. The van der Waals surface area contributed by atoms with Crippen LogP contribution in [-0.2, 0) is 6.54 Å². The Morgan fingerprint density at radius 1 is 1.19 bits per heavy atom. The molecule has 26 heavy (non-hydrogen) atoms. The SMILES string of the molecule is CN=C(NCCCN(C(C)C)C(C)C)NCc1cc(OC)ccc1O.I. The van der Waals surface area contributed by atoms with Crippen LogP contribution in [0.25, 0.3) is 0 Å². The number of nitrogens with one attached hydrogen (secondary N) is 2. The Labute approximate surface area is 175 Å². The molecule has 0 atom stereocenters. The van der Waals surface area contributed by atoms with Gasteiger partial charge < -0.3 is 20.5 Å². The molecule has 0 aliphatic rings. The van der Waals surface area contributed by atoms with Gasteiger partial charge in [0.25, 0.3) is 0 Å². The average molecular weight is 478 g/mol. The summed E-state index contributed by atoms with van der Waals surface area (Å²) in [6, 6.07) is 6.29. The van der Waals surface area contributed by atoms with Crippen LogP contribution in [0.4, 0.5) is 0 Å². The summed E-state index contributed by atoms with van der Waals surface area (Å²) in [4.78, 5) is 6.71. The minimum atomic E-state index is 0. The molecule has 0 bridgehead atoms. The van der Waals surface area contributed by atoms with Gasteiger partial charge in [0.15, 0.2) is 5.96 Å². The Hall–Kier alpha value is -1.22. The average Bonchev–Trinajstić information content (AvgIpc) is 2.57. The minimum absolute atomic E-state index is 0. The first-order valence-corrected chi connectivity index (χ1v) is 8.95. The Morgan fingerprint density at radius 3 is 2.38 bits per heavy atom. The number of nitrogens with zero attached hydrogens (tertiary/aromatic N) is 2. The van der Waals surface area contributed by atoms with Gasteiger partial charge >= 0.3 is 0 Å². The third-order valence-corrected chi connectivity index (χ3v) is 4.17. The summed E-state index contributed by atoms with van der Waals surface area (Å²) >= 11 is 0. The van der Waals surface area contributed by atoms with Crippen LogP contribution in [0.15, 0.2) is 23.2 Å². The van der Waals surface area contributed by atoms with Crippen LogP contribution in [0, 0.1) is 0 Å². The highest BCUT2D eigenvalue weighted by molar-refractivity contribution is 14.0. The van der Waals surface area contributed by atoms with Gasteiger partial charge in [-0.1, -0.05) is 0 Å². The molecule has 3 N–H and O–H groups in total. The molecule has 0 radical (unpaired) electrons. The highest BCUT2D eigenvalue weighted by Crippen LogP contribution is 2.22. The highest BCUT2D eigenvalue weighted by Gasteiger charge is 2.12. The van der Waals surface area contributed by atoms with Crippen molar-refractivity contribution >= 4 is 29.9 Å². The Balaban J connectivity index is 0.00000625. The molecule has 7 heteroatoms. The Morgan fingerprint density at radius 2 is 1.85 bits per heavy atom. The van der Waals surface area contributed by atoms with Crippen molar-refractivity contribution < 1.29 is 9.84 Å². The van der Waals surface area contributed by atoms with Gasteiger partial charge in [0, 0.05) is 44.3 Å². The van der Waals surface area contributed by atoms with Gasteiger partial charge in [0.1, 0.15) is 11.5 Å². The van der Waals surface area contributed by atoms with E-state index in [1.54, 1.807) is 26.3 Å². The first-order valence-electron chi connectivity index (χ1n) is 8.95. The molecule has 0 spiro atoms. The van der Waals surface area contributed by atoms with E-state index in [0.717, 1.165) is 36.8 Å². The quantitative estimate of drug-likeness (QED) is 0.220. The van der Waals surface area contributed by atoms with E-state index in [2.05, 4.69) is 48.2 Å². The lowest BCUT2D eigenvalue weighted by molar-refractivity contribution is 0.173. The van der Waals surface area contributed by atoms with Gasteiger partial charge in [-0.05, 0) is 52.3 Å². The van der Waals surface area contributed by atoms with Crippen molar-refractivity contribution in [3.63, 3.8) is 0 Å². The predicted molar refractivity (Wildman–Crippen MR) is 120 cm³/mol. The number of aromatic hydroxyl groups is 1. The number of rotatable bonds is 9. The first kappa shape index (κ1) is 24.8. The van der Waals surface area contributed by atoms with E-state index in [0.29, 0.717) is 18.6 Å². The van der Waals surface area contributed by atoms with Gasteiger partial charge in [-0.25, -0.2) is 0 Å². The summed E-state index contributed by atoms with van der Waals surface area (Å²) in [7, 11) is 3.36. The molecule has 0 aliphatic carbocycles. The summed E-state index contributed by atoms with van der Waals surface area (Å²) in [6.07, 6.45) is 1.04. The van der Waals surface area contributed by atoms with E-state index in [1.807, 2.05) is 6.07 Å². The van der Waals surface area contributed by atoms with Crippen molar-refractivity contribution in [2.45, 2.75) is 52.7 Å². The third-order valence-electron chi connectivity index (χ3n) is 4.17. The van der Waals surface area contributed by atoms with E-state index < -0.39 is 0 Å². The van der Waals surface area contributed by atoms with Crippen molar-refractivity contribution in [1.29, 1.82) is 0 Å². The summed E-state index contributed by atoms with van der Waals surface area (Å²) < 4.78 is 5.19. The topological polar surface area (TPSA) is 69.1 Å². The Kier molecular flexibility index (Phi) is 12.4. The second kappa shape index (κ2) is 13.0. The van der Waals surface area contributed by atoms with Crippen molar-refractivity contribution in [2.75, 3.05) is 27.2 Å². The first-order chi connectivity index (χ1) is 11.9. The fraction of sp³-hybridized carbons (Fsp3) is 0.632. The van der Waals surface area contributed by atoms with E-state index in [-0.39, 0.29) is 29.7 Å². The van der Waals surface area contributed by atoms with Crippen LogP contribution < -0.4 is 15.4 Å². The molecule has 0 aliphatic heterocycles. The maximum Gasteiger partial charge on any atom is 0.191 e. The number of benzene rings is 1. The molecule has 0 aromatic heterocycles. The molecule has 1 aromatic rings. The number of hydrogen-bond donors (Lipinski definition) is 3. The molecular formula is C19H35IN4O2. The summed E-state index contributed by atoms with van der Waals surface area (Å²) in [5.41, 5.74) is 0.771. The van der Waals surface area contributed by atoms with Gasteiger partial charge in [-0.2, -0.15) is 0 Å². The third kappa shape index (κ3) is 8.44. The maximum absolute atomic E-state index is 9.93. The number of phenolic OH excluding ortho intramolecular Hbond substituents is 1. The standard InChI is InChI=1S/C19H34N4O2.HI/c1-14(2)23(15(3)4)11-7-10-21-19(20-5)22-13-16-12-17(25-6)8-9-18(16)24;/h8-9,12,14-15,24H,7,10-11,13H2,1-6H3,(H2,20,21,22);1H. The molecule has 0 unspecified atom stereocenters. The normalized spacial score (nSPS) is 11.7. The number of phenols is 1. The van der Waals surface area contributed by atoms with E-state index >= 15 is 0 Å². The lowest BCUT2D eigenvalue weighted by Crippen LogP contribution is -2.41. The molecule has 0 heterocycles. The molecular weight excluding hydrogens is 443 g/mol. The smallest absolute Gasteiger partial charge is 0.191 e. The number of halogens is 1. The van der Waals surface area contributed by atoms with Crippen LogP contribution in [0.3, 0.4) is 0 Å². The fourth-order valence-corrected chi connectivity index (χ4v) is 2.81.